The van der Waals surface area contributed by atoms with Crippen LogP contribution in [0.1, 0.15) is 27.9 Å². The summed E-state index contributed by atoms with van der Waals surface area (Å²) in [5.74, 6) is -0.157. The molecule has 0 radical (unpaired) electrons. The Morgan fingerprint density at radius 2 is 1.58 bits per heavy atom. The molecule has 9 heteroatoms. The largest absolute Gasteiger partial charge is 0.453 e. The molecule has 2 aromatic carbocycles. The topological polar surface area (TPSA) is 96.0 Å². The lowest BCUT2D eigenvalue weighted by Gasteiger charge is -2.21. The number of sulfonamides is 1. The predicted octanol–water partition coefficient (Wildman–Crippen LogP) is 3.02. The van der Waals surface area contributed by atoms with Gasteiger partial charge >= 0.3 is 6.09 Å². The third kappa shape index (κ3) is 5.35. The van der Waals surface area contributed by atoms with E-state index in [9.17, 15) is 18.0 Å². The second-order valence-electron chi connectivity index (χ2n) is 7.55. The Balaban J connectivity index is 1.69. The highest BCUT2D eigenvalue weighted by molar-refractivity contribution is 7.92. The quantitative estimate of drug-likeness (QED) is 0.780. The van der Waals surface area contributed by atoms with Gasteiger partial charge in [0.1, 0.15) is 0 Å². The molecule has 2 aromatic rings. The fourth-order valence-electron chi connectivity index (χ4n) is 3.50. The average Bonchev–Trinajstić information content (AvgIpc) is 3.01. The van der Waals surface area contributed by atoms with Gasteiger partial charge in [-0.1, -0.05) is 12.1 Å². The zero-order valence-electron chi connectivity index (χ0n) is 17.9. The number of anilines is 1. The molecule has 0 atom stereocenters. The SMILES string of the molecule is COC(=O)N1CCCN(C(=O)c2ccc(NS(=O)(=O)c3cc(C)ccc3C)cc2)CC1. The van der Waals surface area contributed by atoms with Crippen LogP contribution < -0.4 is 4.72 Å². The fourth-order valence-corrected chi connectivity index (χ4v) is 4.89. The number of amides is 2. The minimum Gasteiger partial charge on any atom is -0.453 e. The number of rotatable bonds is 4. The lowest BCUT2D eigenvalue weighted by Crippen LogP contribution is -2.37. The molecular weight excluding hydrogens is 418 g/mol. The predicted molar refractivity (Wildman–Crippen MR) is 118 cm³/mol. The number of carbonyl (C=O) groups excluding carboxylic acids is 2. The second-order valence-corrected chi connectivity index (χ2v) is 9.21. The maximum absolute atomic E-state index is 12.9. The van der Waals surface area contributed by atoms with Crippen LogP contribution in [-0.4, -0.2) is 63.5 Å². The number of ether oxygens (including phenoxy) is 1. The smallest absolute Gasteiger partial charge is 0.409 e. The van der Waals surface area contributed by atoms with Crippen molar-refractivity contribution in [1.29, 1.82) is 0 Å². The van der Waals surface area contributed by atoms with Gasteiger partial charge in [-0.3, -0.25) is 9.52 Å². The molecule has 0 unspecified atom stereocenters. The molecular formula is C22H27N3O5S. The molecule has 1 heterocycles. The lowest BCUT2D eigenvalue weighted by atomic mass is 10.2. The van der Waals surface area contributed by atoms with Crippen LogP contribution in [0.5, 0.6) is 0 Å². The first-order chi connectivity index (χ1) is 14.7. The molecule has 0 bridgehead atoms. The highest BCUT2D eigenvalue weighted by Gasteiger charge is 2.23. The van der Waals surface area contributed by atoms with E-state index in [2.05, 4.69) is 4.72 Å². The van der Waals surface area contributed by atoms with Gasteiger partial charge in [0.15, 0.2) is 0 Å². The Labute approximate surface area is 182 Å². The van der Waals surface area contributed by atoms with Gasteiger partial charge in [0.2, 0.25) is 0 Å². The van der Waals surface area contributed by atoms with Crippen molar-refractivity contribution in [3.05, 3.63) is 59.2 Å². The Kier molecular flexibility index (Phi) is 6.84. The number of hydrogen-bond donors (Lipinski definition) is 1. The van der Waals surface area contributed by atoms with Crippen molar-refractivity contribution < 1.29 is 22.7 Å². The molecule has 1 aliphatic rings. The van der Waals surface area contributed by atoms with E-state index in [1.54, 1.807) is 53.1 Å². The molecule has 0 spiro atoms. The van der Waals surface area contributed by atoms with Crippen LogP contribution in [0, 0.1) is 13.8 Å². The van der Waals surface area contributed by atoms with Crippen LogP contribution in [0.25, 0.3) is 0 Å². The molecule has 1 fully saturated rings. The Morgan fingerprint density at radius 1 is 0.935 bits per heavy atom. The van der Waals surface area contributed by atoms with Gasteiger partial charge in [-0.05, 0) is 61.7 Å². The first-order valence-corrected chi connectivity index (χ1v) is 11.5. The zero-order chi connectivity index (χ0) is 22.6. The minimum atomic E-state index is -3.74. The average molecular weight is 446 g/mol. The second kappa shape index (κ2) is 9.38. The number of hydrogen-bond acceptors (Lipinski definition) is 5. The number of nitrogens with zero attached hydrogens (tertiary/aromatic N) is 2. The summed E-state index contributed by atoms with van der Waals surface area (Å²) in [6.45, 7) is 5.48. The summed E-state index contributed by atoms with van der Waals surface area (Å²) < 4.78 is 32.8. The van der Waals surface area contributed by atoms with Gasteiger partial charge in [0, 0.05) is 37.4 Å². The molecule has 1 N–H and O–H groups in total. The van der Waals surface area contributed by atoms with E-state index in [-0.39, 0.29) is 10.8 Å². The number of benzene rings is 2. The summed E-state index contributed by atoms with van der Waals surface area (Å²) in [4.78, 5) is 28.1. The summed E-state index contributed by atoms with van der Waals surface area (Å²) in [6, 6.07) is 11.6. The Hall–Kier alpha value is -3.07. The van der Waals surface area contributed by atoms with E-state index in [1.165, 1.54) is 7.11 Å². The van der Waals surface area contributed by atoms with Crippen molar-refractivity contribution in [2.45, 2.75) is 25.2 Å². The van der Waals surface area contributed by atoms with E-state index in [4.69, 9.17) is 4.74 Å². The van der Waals surface area contributed by atoms with Crippen molar-refractivity contribution >= 4 is 27.7 Å². The summed E-state index contributed by atoms with van der Waals surface area (Å²) in [7, 11) is -2.40. The van der Waals surface area contributed by atoms with E-state index in [0.29, 0.717) is 49.4 Å². The van der Waals surface area contributed by atoms with Crippen LogP contribution >= 0.6 is 0 Å². The van der Waals surface area contributed by atoms with Crippen molar-refractivity contribution in [2.75, 3.05) is 38.0 Å². The van der Waals surface area contributed by atoms with Gasteiger partial charge in [0.05, 0.1) is 12.0 Å². The van der Waals surface area contributed by atoms with Crippen LogP contribution in [-0.2, 0) is 14.8 Å². The van der Waals surface area contributed by atoms with Crippen molar-refractivity contribution in [2.24, 2.45) is 0 Å². The van der Waals surface area contributed by atoms with Crippen molar-refractivity contribution in [1.82, 2.24) is 9.80 Å². The highest BCUT2D eigenvalue weighted by Crippen LogP contribution is 2.21. The van der Waals surface area contributed by atoms with Crippen molar-refractivity contribution in [3.63, 3.8) is 0 Å². The molecule has 3 rings (SSSR count). The molecule has 8 nitrogen and oxygen atoms in total. The fraction of sp³-hybridized carbons (Fsp3) is 0.364. The van der Waals surface area contributed by atoms with Gasteiger partial charge in [0.25, 0.3) is 15.9 Å². The van der Waals surface area contributed by atoms with E-state index >= 15 is 0 Å². The molecule has 1 aliphatic heterocycles. The molecule has 166 valence electrons. The molecule has 1 saturated heterocycles. The molecule has 2 amide bonds. The Morgan fingerprint density at radius 3 is 2.26 bits per heavy atom. The maximum Gasteiger partial charge on any atom is 0.409 e. The van der Waals surface area contributed by atoms with Gasteiger partial charge in [-0.2, -0.15) is 0 Å². The number of aryl methyl sites for hydroxylation is 2. The molecule has 31 heavy (non-hydrogen) atoms. The van der Waals surface area contributed by atoms with E-state index in [1.807, 2.05) is 13.0 Å². The third-order valence-corrected chi connectivity index (χ3v) is 6.76. The summed E-state index contributed by atoms with van der Waals surface area (Å²) >= 11 is 0. The zero-order valence-corrected chi connectivity index (χ0v) is 18.7. The standard InChI is InChI=1S/C22H27N3O5S/c1-16-5-6-17(2)20(15-16)31(28,29)23-19-9-7-18(8-10-19)21(26)24-11-4-12-25(14-13-24)22(27)30-3/h5-10,15,23H,4,11-14H2,1-3H3. The number of carbonyl (C=O) groups is 2. The number of nitrogens with one attached hydrogen (secondary N) is 1. The molecule has 0 saturated carbocycles. The highest BCUT2D eigenvalue weighted by atomic mass is 32.2. The monoisotopic (exact) mass is 445 g/mol. The summed E-state index contributed by atoms with van der Waals surface area (Å²) in [5.41, 5.74) is 2.36. The number of methoxy groups -OCH3 is 1. The normalized spacial score (nSPS) is 14.7. The first-order valence-electron chi connectivity index (χ1n) is 10.0. The lowest BCUT2D eigenvalue weighted by molar-refractivity contribution is 0.0757. The van der Waals surface area contributed by atoms with E-state index < -0.39 is 16.1 Å². The van der Waals surface area contributed by atoms with Gasteiger partial charge in [-0.15, -0.1) is 0 Å². The van der Waals surface area contributed by atoms with E-state index in [0.717, 1.165) is 5.56 Å². The van der Waals surface area contributed by atoms with Gasteiger partial charge < -0.3 is 14.5 Å². The van der Waals surface area contributed by atoms with Crippen LogP contribution in [0.4, 0.5) is 10.5 Å². The van der Waals surface area contributed by atoms with Crippen LogP contribution in [0.15, 0.2) is 47.4 Å². The first kappa shape index (κ1) is 22.6. The third-order valence-electron chi connectivity index (χ3n) is 5.23. The molecule has 0 aromatic heterocycles. The summed E-state index contributed by atoms with van der Waals surface area (Å²) in [5, 5.41) is 0. The van der Waals surface area contributed by atoms with Crippen LogP contribution in [0.2, 0.25) is 0 Å². The van der Waals surface area contributed by atoms with Crippen molar-refractivity contribution in [3.8, 4) is 0 Å². The summed E-state index contributed by atoms with van der Waals surface area (Å²) in [6.07, 6.45) is 0.268. The van der Waals surface area contributed by atoms with Crippen LogP contribution in [0.3, 0.4) is 0 Å². The molecule has 0 aliphatic carbocycles. The van der Waals surface area contributed by atoms with Gasteiger partial charge in [-0.25, -0.2) is 13.2 Å². The maximum atomic E-state index is 12.9. The Bertz CT molecular complexity index is 1070. The minimum absolute atomic E-state index is 0.157.